The number of halogens is 2. The van der Waals surface area contributed by atoms with Crippen molar-refractivity contribution < 1.29 is 14.2 Å². The molecule has 2 fully saturated rings. The lowest BCUT2D eigenvalue weighted by atomic mass is 9.62. The molecule has 2 atom stereocenters. The van der Waals surface area contributed by atoms with Crippen LogP contribution in [-0.2, 0) is 0 Å². The zero-order valence-electron chi connectivity index (χ0n) is 10.0. The zero-order valence-corrected chi connectivity index (χ0v) is 10.8. The lowest BCUT2D eigenvalue weighted by Crippen LogP contribution is -2.58. The Morgan fingerprint density at radius 3 is 2.67 bits per heavy atom. The minimum Gasteiger partial charge on any atom is -0.490 e. The van der Waals surface area contributed by atoms with E-state index in [9.17, 15) is 9.50 Å². The fourth-order valence-electron chi connectivity index (χ4n) is 3.29. The minimum absolute atomic E-state index is 0.00979. The molecule has 98 valence electrons. The molecule has 1 aromatic carbocycles. The van der Waals surface area contributed by atoms with E-state index in [2.05, 4.69) is 0 Å². The molecule has 0 amide bonds. The van der Waals surface area contributed by atoms with Gasteiger partial charge in [0.15, 0.2) is 0 Å². The second-order valence-electron chi connectivity index (χ2n) is 5.37. The molecule has 2 unspecified atom stereocenters. The van der Waals surface area contributed by atoms with Crippen LogP contribution in [0.1, 0.15) is 32.1 Å². The lowest BCUT2D eigenvalue weighted by molar-refractivity contribution is -0.152. The Bertz CT molecular complexity index is 457. The first-order valence-electron chi connectivity index (χ1n) is 6.41. The van der Waals surface area contributed by atoms with Gasteiger partial charge in [-0.3, -0.25) is 0 Å². The van der Waals surface area contributed by atoms with Crippen LogP contribution in [0.2, 0.25) is 5.02 Å². The Morgan fingerprint density at radius 1 is 1.33 bits per heavy atom. The maximum Gasteiger partial charge on any atom is 0.145 e. The van der Waals surface area contributed by atoms with Crippen LogP contribution < -0.4 is 4.74 Å². The molecule has 2 nitrogen and oxygen atoms in total. The van der Waals surface area contributed by atoms with E-state index in [4.69, 9.17) is 16.3 Å². The normalized spacial score (nSPS) is 29.3. The van der Waals surface area contributed by atoms with E-state index in [-0.39, 0.29) is 22.6 Å². The van der Waals surface area contributed by atoms with Gasteiger partial charge in [-0.15, -0.1) is 0 Å². The van der Waals surface area contributed by atoms with Gasteiger partial charge in [-0.05, 0) is 25.0 Å². The van der Waals surface area contributed by atoms with Gasteiger partial charge in [0.1, 0.15) is 17.7 Å². The van der Waals surface area contributed by atoms with Gasteiger partial charge >= 0.3 is 0 Å². The van der Waals surface area contributed by atoms with Gasteiger partial charge in [0.25, 0.3) is 0 Å². The molecule has 18 heavy (non-hydrogen) atoms. The third-order valence-electron chi connectivity index (χ3n) is 4.45. The highest BCUT2D eigenvalue weighted by Crippen LogP contribution is 2.54. The maximum atomic E-state index is 13.3. The van der Waals surface area contributed by atoms with E-state index < -0.39 is 5.82 Å². The number of ether oxygens (including phenoxy) is 1. The molecule has 2 saturated carbocycles. The Labute approximate surface area is 111 Å². The number of benzene rings is 1. The van der Waals surface area contributed by atoms with Crippen molar-refractivity contribution in [3.63, 3.8) is 0 Å². The van der Waals surface area contributed by atoms with Crippen molar-refractivity contribution in [2.75, 3.05) is 0 Å². The lowest BCUT2D eigenvalue weighted by Gasteiger charge is -2.51. The number of aliphatic hydroxyl groups is 1. The molecular formula is C14H16ClFO2. The first kappa shape index (κ1) is 12.2. The van der Waals surface area contributed by atoms with Crippen molar-refractivity contribution >= 4 is 11.6 Å². The van der Waals surface area contributed by atoms with Crippen molar-refractivity contribution in [2.24, 2.45) is 5.41 Å². The summed E-state index contributed by atoms with van der Waals surface area (Å²) in [7, 11) is 0. The fraction of sp³-hybridized carbons (Fsp3) is 0.571. The van der Waals surface area contributed by atoms with Crippen LogP contribution in [0.3, 0.4) is 0 Å². The topological polar surface area (TPSA) is 29.5 Å². The number of hydrogen-bond acceptors (Lipinski definition) is 2. The molecule has 1 aromatic rings. The molecule has 0 heterocycles. The quantitative estimate of drug-likeness (QED) is 0.891. The number of aliphatic hydroxyl groups excluding tert-OH is 1. The van der Waals surface area contributed by atoms with Crippen LogP contribution in [0, 0.1) is 11.2 Å². The van der Waals surface area contributed by atoms with E-state index in [1.165, 1.54) is 12.1 Å². The van der Waals surface area contributed by atoms with Crippen LogP contribution in [0.25, 0.3) is 0 Å². The highest BCUT2D eigenvalue weighted by atomic mass is 35.5. The SMILES string of the molecule is OC1CC(Oc2ccc(Cl)c(F)c2)C12CCCC2. The summed E-state index contributed by atoms with van der Waals surface area (Å²) in [6.07, 6.45) is 4.70. The number of rotatable bonds is 2. The van der Waals surface area contributed by atoms with E-state index in [0.717, 1.165) is 25.7 Å². The van der Waals surface area contributed by atoms with E-state index in [0.29, 0.717) is 12.2 Å². The number of hydrogen-bond donors (Lipinski definition) is 1. The summed E-state index contributed by atoms with van der Waals surface area (Å²) in [5.74, 6) is 0.0367. The van der Waals surface area contributed by atoms with Gasteiger partial charge in [-0.2, -0.15) is 0 Å². The molecular weight excluding hydrogens is 255 g/mol. The average Bonchev–Trinajstić information content (AvgIpc) is 2.85. The van der Waals surface area contributed by atoms with Gasteiger partial charge in [-0.1, -0.05) is 24.4 Å². The molecule has 1 spiro atoms. The molecule has 3 rings (SSSR count). The molecule has 2 aliphatic rings. The maximum absolute atomic E-state index is 13.3. The van der Waals surface area contributed by atoms with E-state index in [1.54, 1.807) is 6.07 Å². The average molecular weight is 271 g/mol. The Kier molecular flexibility index (Phi) is 2.99. The summed E-state index contributed by atoms with van der Waals surface area (Å²) in [5, 5.41) is 10.1. The second-order valence-corrected chi connectivity index (χ2v) is 5.78. The van der Waals surface area contributed by atoms with Crippen molar-refractivity contribution in [2.45, 2.75) is 44.3 Å². The standard InChI is InChI=1S/C14H16ClFO2/c15-10-4-3-9(7-11(10)16)18-13-8-12(17)14(13)5-1-2-6-14/h3-4,7,12-13,17H,1-2,5-6,8H2. The van der Waals surface area contributed by atoms with Crippen molar-refractivity contribution in [1.82, 2.24) is 0 Å². The highest BCUT2D eigenvalue weighted by molar-refractivity contribution is 6.30. The van der Waals surface area contributed by atoms with Crippen LogP contribution >= 0.6 is 11.6 Å². The molecule has 4 heteroatoms. The highest BCUT2D eigenvalue weighted by Gasteiger charge is 2.57. The molecule has 1 N–H and O–H groups in total. The van der Waals surface area contributed by atoms with Crippen LogP contribution in [0.4, 0.5) is 4.39 Å². The third-order valence-corrected chi connectivity index (χ3v) is 4.75. The minimum atomic E-state index is -0.463. The molecule has 0 aromatic heterocycles. The Hall–Kier alpha value is -0.800. The molecule has 0 saturated heterocycles. The van der Waals surface area contributed by atoms with Gasteiger partial charge in [0.05, 0.1) is 11.1 Å². The summed E-state index contributed by atoms with van der Waals surface area (Å²) in [6.45, 7) is 0. The van der Waals surface area contributed by atoms with Gasteiger partial charge in [0, 0.05) is 17.9 Å². The second kappa shape index (κ2) is 4.39. The van der Waals surface area contributed by atoms with Crippen LogP contribution in [0.15, 0.2) is 18.2 Å². The van der Waals surface area contributed by atoms with Crippen molar-refractivity contribution in [3.8, 4) is 5.75 Å². The molecule has 0 aliphatic heterocycles. The van der Waals surface area contributed by atoms with Crippen LogP contribution in [0.5, 0.6) is 5.75 Å². The molecule has 0 radical (unpaired) electrons. The smallest absolute Gasteiger partial charge is 0.145 e. The van der Waals surface area contributed by atoms with Gasteiger partial charge in [0.2, 0.25) is 0 Å². The first-order chi connectivity index (χ1) is 8.62. The Balaban J connectivity index is 1.75. The van der Waals surface area contributed by atoms with Gasteiger partial charge < -0.3 is 9.84 Å². The van der Waals surface area contributed by atoms with Crippen LogP contribution in [-0.4, -0.2) is 17.3 Å². The predicted molar refractivity (Wildman–Crippen MR) is 67.4 cm³/mol. The van der Waals surface area contributed by atoms with E-state index in [1.807, 2.05) is 0 Å². The van der Waals surface area contributed by atoms with Crippen molar-refractivity contribution in [1.29, 1.82) is 0 Å². The summed E-state index contributed by atoms with van der Waals surface area (Å²) < 4.78 is 19.2. The Morgan fingerprint density at radius 2 is 2.06 bits per heavy atom. The first-order valence-corrected chi connectivity index (χ1v) is 6.79. The summed E-state index contributed by atoms with van der Waals surface area (Å²) >= 11 is 5.64. The molecule has 0 bridgehead atoms. The summed E-state index contributed by atoms with van der Waals surface area (Å²) in [4.78, 5) is 0. The monoisotopic (exact) mass is 270 g/mol. The van der Waals surface area contributed by atoms with E-state index >= 15 is 0 Å². The molecule has 2 aliphatic carbocycles. The largest absolute Gasteiger partial charge is 0.490 e. The van der Waals surface area contributed by atoms with Gasteiger partial charge in [-0.25, -0.2) is 4.39 Å². The third kappa shape index (κ3) is 1.81. The summed E-state index contributed by atoms with van der Waals surface area (Å²) in [5.41, 5.74) is -0.0872. The van der Waals surface area contributed by atoms with Crippen molar-refractivity contribution in [3.05, 3.63) is 29.0 Å². The summed E-state index contributed by atoms with van der Waals surface area (Å²) in [6, 6.07) is 4.50. The fourth-order valence-corrected chi connectivity index (χ4v) is 3.41. The predicted octanol–water partition coefficient (Wildman–Crippen LogP) is 3.55. The zero-order chi connectivity index (χ0) is 12.8.